The fourth-order valence-corrected chi connectivity index (χ4v) is 3.63. The molecule has 0 aliphatic carbocycles. The van der Waals surface area contributed by atoms with Crippen molar-refractivity contribution in [2.24, 2.45) is 0 Å². The maximum absolute atomic E-state index is 10.5. The third-order valence-corrected chi connectivity index (χ3v) is 4.98. The molecule has 0 saturated carbocycles. The Kier molecular flexibility index (Phi) is 1.93. The topological polar surface area (TPSA) is 74.6 Å². The van der Waals surface area contributed by atoms with Gasteiger partial charge in [-0.1, -0.05) is 0 Å². The van der Waals surface area contributed by atoms with E-state index in [4.69, 9.17) is 10.2 Å². The summed E-state index contributed by atoms with van der Waals surface area (Å²) in [6.45, 7) is 0. The van der Waals surface area contributed by atoms with Crippen LogP contribution in [0.25, 0.3) is 0 Å². The van der Waals surface area contributed by atoms with Crippen molar-refractivity contribution < 1.29 is 42.7 Å². The van der Waals surface area contributed by atoms with Gasteiger partial charge >= 0.3 is 62.0 Å². The van der Waals surface area contributed by atoms with Gasteiger partial charge in [0.15, 0.2) is 0 Å². The average molecular weight is 295 g/mol. The number of hydrogen-bond donors (Lipinski definition) is 2. The summed E-state index contributed by atoms with van der Waals surface area (Å²) < 4.78 is -0.792. The van der Waals surface area contributed by atoms with Crippen LogP contribution in [0, 0.1) is 0 Å². The van der Waals surface area contributed by atoms with E-state index in [1.165, 1.54) is 0 Å². The van der Waals surface area contributed by atoms with E-state index in [1.54, 1.807) is 0 Å². The first-order valence-electron chi connectivity index (χ1n) is 2.34. The predicted octanol–water partition coefficient (Wildman–Crippen LogP) is -2.14. The number of carbonyl (C=O) groups is 2. The molecule has 1 rings (SSSR count). The van der Waals surface area contributed by atoms with Gasteiger partial charge in [0, 0.05) is 0 Å². The van der Waals surface area contributed by atoms with E-state index >= 15 is 0 Å². The molecule has 0 bridgehead atoms. The molecule has 1 fully saturated rings. The molecule has 2 N–H and O–H groups in total. The first kappa shape index (κ1) is 7.24. The van der Waals surface area contributed by atoms with Crippen molar-refractivity contribution >= 4 is 7.08 Å². The fourth-order valence-electron chi connectivity index (χ4n) is 0.556. The molecular weight excluding hydrogens is 291 g/mol. The number of carbonyl (C=O) groups excluding carboxylic acids is 2. The summed E-state index contributed by atoms with van der Waals surface area (Å²) in [5, 5.41) is 17.3. The summed E-state index contributed by atoms with van der Waals surface area (Å²) in [5.74, 6) is 0. The Bertz CT molecular complexity index is 148. The van der Waals surface area contributed by atoms with E-state index in [9.17, 15) is 9.59 Å². The summed E-state index contributed by atoms with van der Waals surface area (Å²) >= 11 is -1.94. The second-order valence-electron chi connectivity index (χ2n) is 1.74. The van der Waals surface area contributed by atoms with E-state index in [1.807, 2.05) is 0 Å². The Morgan fingerprint density at radius 1 is 1.11 bits per heavy atom. The molecule has 9 heavy (non-hydrogen) atoms. The van der Waals surface area contributed by atoms with Crippen molar-refractivity contribution in [2.75, 3.05) is 0 Å². The molecule has 1 aliphatic rings. The van der Waals surface area contributed by atoms with E-state index < -0.39 is 42.2 Å². The van der Waals surface area contributed by atoms with Crippen molar-refractivity contribution in [1.82, 2.24) is 0 Å². The normalized spacial score (nSPS) is 34.9. The molecule has 48 valence electrons. The molecule has 0 aromatic heterocycles. The molecular formula is C4H4HfO4. The van der Waals surface area contributed by atoms with Gasteiger partial charge in [0.1, 0.15) is 0 Å². The quantitative estimate of drug-likeness (QED) is 0.500. The van der Waals surface area contributed by atoms with E-state index in [0.29, 0.717) is 0 Å². The molecule has 2 unspecified atom stereocenters. The number of aliphatic hydroxyl groups excluding tert-OH is 2. The predicted molar refractivity (Wildman–Crippen MR) is 22.0 cm³/mol. The summed E-state index contributed by atoms with van der Waals surface area (Å²) in [6.07, 6.45) is -2.78. The van der Waals surface area contributed by atoms with Crippen LogP contribution in [0.4, 0.5) is 0 Å². The number of hydrogen-bond acceptors (Lipinski definition) is 4. The minimum absolute atomic E-state index is 0.396. The molecule has 4 nitrogen and oxygen atoms in total. The van der Waals surface area contributed by atoms with Gasteiger partial charge in [-0.25, -0.2) is 0 Å². The van der Waals surface area contributed by atoms with Crippen molar-refractivity contribution in [1.29, 1.82) is 0 Å². The number of rotatable bonds is 0. The van der Waals surface area contributed by atoms with Gasteiger partial charge < -0.3 is 0 Å². The van der Waals surface area contributed by atoms with Gasteiger partial charge in [0.2, 0.25) is 0 Å². The Labute approximate surface area is 62.2 Å². The zero-order chi connectivity index (χ0) is 7.02. The molecule has 5 heteroatoms. The van der Waals surface area contributed by atoms with Crippen LogP contribution in [0.5, 0.6) is 0 Å². The number of aliphatic hydroxyl groups is 2. The van der Waals surface area contributed by atoms with Gasteiger partial charge in [-0.15, -0.1) is 0 Å². The summed E-state index contributed by atoms with van der Waals surface area (Å²) in [4.78, 5) is 20.9. The fraction of sp³-hybridized carbons (Fsp3) is 0.500. The standard InChI is InChI=1S/C4H4O4.Hf/c5-1-3(7)4(8)2-6;/h3-4,7-8H;. The van der Waals surface area contributed by atoms with Crippen molar-refractivity contribution in [2.45, 2.75) is 12.2 Å². The molecule has 0 amide bonds. The van der Waals surface area contributed by atoms with Crippen LogP contribution in [0.1, 0.15) is 0 Å². The van der Waals surface area contributed by atoms with Crippen molar-refractivity contribution in [3.8, 4) is 0 Å². The van der Waals surface area contributed by atoms with Gasteiger partial charge in [0.05, 0.1) is 0 Å². The monoisotopic (exact) mass is 296 g/mol. The maximum atomic E-state index is 10.5. The van der Waals surface area contributed by atoms with E-state index in [0.717, 1.165) is 0 Å². The zero-order valence-electron chi connectivity index (χ0n) is 4.37. The summed E-state index contributed by atoms with van der Waals surface area (Å²) in [5.41, 5.74) is 0. The Morgan fingerprint density at radius 2 is 1.44 bits per heavy atom. The molecule has 2 atom stereocenters. The SMILES string of the molecule is O=[C]1[Hf][C](=O)C(O)C1O. The van der Waals surface area contributed by atoms with Crippen LogP contribution in [0.3, 0.4) is 0 Å². The second-order valence-corrected chi connectivity index (χ2v) is 6.18. The first-order chi connectivity index (χ1) is 4.13. The third kappa shape index (κ3) is 1.17. The van der Waals surface area contributed by atoms with Gasteiger partial charge in [-0.2, -0.15) is 0 Å². The van der Waals surface area contributed by atoms with Gasteiger partial charge in [-0.3, -0.25) is 0 Å². The van der Waals surface area contributed by atoms with Crippen molar-refractivity contribution in [3.63, 3.8) is 0 Å². The Balaban J connectivity index is 2.77. The Hall–Kier alpha value is 0.130. The second kappa shape index (κ2) is 2.40. The zero-order valence-corrected chi connectivity index (χ0v) is 7.96. The third-order valence-electron chi connectivity index (χ3n) is 1.08. The molecule has 1 saturated heterocycles. The minimum atomic E-state index is -1.94. The van der Waals surface area contributed by atoms with Gasteiger partial charge in [-0.05, 0) is 0 Å². The van der Waals surface area contributed by atoms with E-state index in [-0.39, 0.29) is 0 Å². The molecule has 0 spiro atoms. The van der Waals surface area contributed by atoms with Crippen LogP contribution in [-0.2, 0) is 32.5 Å². The molecule has 1 heterocycles. The van der Waals surface area contributed by atoms with Crippen LogP contribution in [0.2, 0.25) is 0 Å². The first-order valence-corrected chi connectivity index (χ1v) is 5.93. The molecule has 0 radical (unpaired) electrons. The molecule has 1 aliphatic heterocycles. The van der Waals surface area contributed by atoms with Crippen LogP contribution in [-0.4, -0.2) is 29.5 Å². The Morgan fingerprint density at radius 3 is 1.56 bits per heavy atom. The average Bonchev–Trinajstić information content (AvgIpc) is 1.98. The van der Waals surface area contributed by atoms with Crippen molar-refractivity contribution in [3.05, 3.63) is 0 Å². The van der Waals surface area contributed by atoms with Crippen LogP contribution < -0.4 is 0 Å². The summed E-state index contributed by atoms with van der Waals surface area (Å²) in [7, 11) is 0. The molecule has 0 aromatic carbocycles. The van der Waals surface area contributed by atoms with Crippen LogP contribution >= 0.6 is 0 Å². The van der Waals surface area contributed by atoms with Crippen LogP contribution in [0.15, 0.2) is 0 Å². The van der Waals surface area contributed by atoms with E-state index in [2.05, 4.69) is 0 Å². The summed E-state index contributed by atoms with van der Waals surface area (Å²) in [6, 6.07) is 0. The molecule has 0 aromatic rings. The van der Waals surface area contributed by atoms with Gasteiger partial charge in [0.25, 0.3) is 0 Å².